The third-order valence-corrected chi connectivity index (χ3v) is 3.78. The maximum Gasteiger partial charge on any atom is 0.308 e. The second-order valence-electron chi connectivity index (χ2n) is 5.82. The Balaban J connectivity index is 2.05. The molecule has 0 N–H and O–H groups in total. The SMILES string of the molecule is CC(=O)Oc1ccc([N+](=O)[O-])cc1C1=NN(C(C)=O)[C@H](c2ccc(F)cc2)O1. The smallest absolute Gasteiger partial charge is 0.308 e. The number of nitro benzene ring substituents is 1. The van der Waals surface area contributed by atoms with Gasteiger partial charge in [-0.05, 0) is 18.2 Å². The molecule has 1 aliphatic rings. The van der Waals surface area contributed by atoms with Crippen molar-refractivity contribution in [2.45, 2.75) is 20.1 Å². The van der Waals surface area contributed by atoms with Gasteiger partial charge in [-0.2, -0.15) is 5.01 Å². The molecule has 3 rings (SSSR count). The van der Waals surface area contributed by atoms with E-state index in [-0.39, 0.29) is 22.9 Å². The molecule has 0 radical (unpaired) electrons. The molecule has 0 aliphatic carbocycles. The third kappa shape index (κ3) is 3.80. The number of carbonyl (C=O) groups is 2. The summed E-state index contributed by atoms with van der Waals surface area (Å²) in [5, 5.41) is 16.2. The van der Waals surface area contributed by atoms with E-state index in [0.29, 0.717) is 5.56 Å². The second kappa shape index (κ2) is 7.43. The molecule has 28 heavy (non-hydrogen) atoms. The van der Waals surface area contributed by atoms with Crippen LogP contribution in [0.4, 0.5) is 10.1 Å². The van der Waals surface area contributed by atoms with E-state index in [2.05, 4.69) is 5.10 Å². The standard InChI is InChI=1S/C18H14FN3O6/c1-10(23)21-18(12-3-5-13(19)6-4-12)28-17(20-21)15-9-14(22(25)26)7-8-16(15)27-11(2)24/h3-9,18H,1-2H3/t18-/m0/s1. The van der Waals surface area contributed by atoms with Gasteiger partial charge in [0.05, 0.1) is 10.5 Å². The fourth-order valence-corrected chi connectivity index (χ4v) is 2.56. The molecule has 2 aromatic rings. The van der Waals surface area contributed by atoms with Gasteiger partial charge in [0.1, 0.15) is 11.6 Å². The van der Waals surface area contributed by atoms with Crippen molar-refractivity contribution in [3.8, 4) is 5.75 Å². The number of hydrogen-bond donors (Lipinski definition) is 0. The summed E-state index contributed by atoms with van der Waals surface area (Å²) in [6.07, 6.45) is -1.00. The molecule has 0 saturated heterocycles. The molecule has 0 bridgehead atoms. The maximum atomic E-state index is 13.2. The number of ether oxygens (including phenoxy) is 2. The van der Waals surface area contributed by atoms with Gasteiger partial charge in [-0.3, -0.25) is 19.7 Å². The number of non-ortho nitro benzene ring substituents is 1. The summed E-state index contributed by atoms with van der Waals surface area (Å²) in [7, 11) is 0. The van der Waals surface area contributed by atoms with Crippen LogP contribution in [0.15, 0.2) is 47.6 Å². The van der Waals surface area contributed by atoms with Gasteiger partial charge in [-0.25, -0.2) is 4.39 Å². The molecule has 0 saturated carbocycles. The number of hydrazone groups is 1. The highest BCUT2D eigenvalue weighted by Gasteiger charge is 2.35. The predicted octanol–water partition coefficient (Wildman–Crippen LogP) is 2.90. The Labute approximate surface area is 158 Å². The normalized spacial score (nSPS) is 15.6. The number of halogens is 1. The minimum atomic E-state index is -1.00. The van der Waals surface area contributed by atoms with Crippen molar-refractivity contribution in [2.24, 2.45) is 5.10 Å². The van der Waals surface area contributed by atoms with Crippen LogP contribution in [-0.4, -0.2) is 27.7 Å². The lowest BCUT2D eigenvalue weighted by Crippen LogP contribution is -2.25. The van der Waals surface area contributed by atoms with Crippen LogP contribution in [0.1, 0.15) is 31.2 Å². The summed E-state index contributed by atoms with van der Waals surface area (Å²) in [4.78, 5) is 33.8. The van der Waals surface area contributed by atoms with Crippen molar-refractivity contribution in [3.63, 3.8) is 0 Å². The minimum absolute atomic E-state index is 0.0138. The van der Waals surface area contributed by atoms with Crippen molar-refractivity contribution in [2.75, 3.05) is 0 Å². The summed E-state index contributed by atoms with van der Waals surface area (Å²) in [6, 6.07) is 8.78. The zero-order valence-electron chi connectivity index (χ0n) is 14.8. The van der Waals surface area contributed by atoms with Crippen LogP contribution >= 0.6 is 0 Å². The van der Waals surface area contributed by atoms with E-state index >= 15 is 0 Å². The van der Waals surface area contributed by atoms with E-state index < -0.39 is 28.8 Å². The van der Waals surface area contributed by atoms with Crippen LogP contribution in [0.2, 0.25) is 0 Å². The summed E-state index contributed by atoms with van der Waals surface area (Å²) >= 11 is 0. The van der Waals surface area contributed by atoms with Gasteiger partial charge in [0.15, 0.2) is 0 Å². The monoisotopic (exact) mass is 387 g/mol. The first-order valence-corrected chi connectivity index (χ1v) is 8.04. The first-order valence-electron chi connectivity index (χ1n) is 8.04. The highest BCUT2D eigenvalue weighted by molar-refractivity contribution is 6.00. The van der Waals surface area contributed by atoms with Gasteiger partial charge in [-0.1, -0.05) is 12.1 Å². The van der Waals surface area contributed by atoms with E-state index in [1.807, 2.05) is 0 Å². The van der Waals surface area contributed by atoms with Gasteiger partial charge >= 0.3 is 5.97 Å². The van der Waals surface area contributed by atoms with Gasteiger partial charge < -0.3 is 9.47 Å². The molecule has 144 valence electrons. The molecule has 1 amide bonds. The molecule has 0 spiro atoms. The molecule has 1 heterocycles. The first kappa shape index (κ1) is 19.0. The third-order valence-electron chi connectivity index (χ3n) is 3.78. The van der Waals surface area contributed by atoms with Crippen molar-refractivity contribution >= 4 is 23.5 Å². The summed E-state index contributed by atoms with van der Waals surface area (Å²) < 4.78 is 24.0. The zero-order chi connectivity index (χ0) is 20.4. The lowest BCUT2D eigenvalue weighted by atomic mass is 10.1. The first-order chi connectivity index (χ1) is 13.3. The number of nitrogens with zero attached hydrogens (tertiary/aromatic N) is 3. The average Bonchev–Trinajstić information content (AvgIpc) is 3.07. The minimum Gasteiger partial charge on any atom is -0.446 e. The topological polar surface area (TPSA) is 111 Å². The zero-order valence-corrected chi connectivity index (χ0v) is 14.8. The van der Waals surface area contributed by atoms with Crippen LogP contribution < -0.4 is 4.74 Å². The number of nitro groups is 1. The van der Waals surface area contributed by atoms with E-state index in [9.17, 15) is 24.1 Å². The lowest BCUT2D eigenvalue weighted by Gasteiger charge is -2.19. The summed E-state index contributed by atoms with van der Waals surface area (Å²) in [6.45, 7) is 2.43. The molecule has 9 nitrogen and oxygen atoms in total. The van der Waals surface area contributed by atoms with Crippen LogP contribution in [0.3, 0.4) is 0 Å². The highest BCUT2D eigenvalue weighted by atomic mass is 19.1. The predicted molar refractivity (Wildman–Crippen MR) is 93.7 cm³/mol. The maximum absolute atomic E-state index is 13.2. The Morgan fingerprint density at radius 3 is 2.46 bits per heavy atom. The van der Waals surface area contributed by atoms with Gasteiger partial charge in [-0.15, -0.1) is 5.10 Å². The van der Waals surface area contributed by atoms with Crippen molar-refractivity contribution in [1.29, 1.82) is 0 Å². The number of amides is 1. The van der Waals surface area contributed by atoms with Gasteiger partial charge in [0, 0.05) is 31.5 Å². The lowest BCUT2D eigenvalue weighted by molar-refractivity contribution is -0.384. The van der Waals surface area contributed by atoms with Crippen LogP contribution in [0.25, 0.3) is 0 Å². The fraction of sp³-hybridized carbons (Fsp3) is 0.167. The number of carbonyl (C=O) groups excluding carboxylic acids is 2. The molecular weight excluding hydrogens is 373 g/mol. The Hall–Kier alpha value is -3.82. The number of esters is 1. The second-order valence-corrected chi connectivity index (χ2v) is 5.82. The summed E-state index contributed by atoms with van der Waals surface area (Å²) in [5.41, 5.74) is 0.187. The van der Waals surface area contributed by atoms with E-state index in [1.165, 1.54) is 44.2 Å². The molecular formula is C18H14FN3O6. The Kier molecular flexibility index (Phi) is 5.03. The number of rotatable bonds is 4. The Morgan fingerprint density at radius 1 is 1.21 bits per heavy atom. The van der Waals surface area contributed by atoms with Crippen LogP contribution in [0.5, 0.6) is 5.75 Å². The van der Waals surface area contributed by atoms with Gasteiger partial charge in [0.25, 0.3) is 5.69 Å². The molecule has 0 unspecified atom stereocenters. The van der Waals surface area contributed by atoms with Gasteiger partial charge in [0.2, 0.25) is 18.0 Å². The van der Waals surface area contributed by atoms with Crippen molar-refractivity contribution < 1.29 is 28.4 Å². The molecule has 0 fully saturated rings. The Morgan fingerprint density at radius 2 is 1.89 bits per heavy atom. The van der Waals surface area contributed by atoms with Crippen molar-refractivity contribution in [1.82, 2.24) is 5.01 Å². The molecule has 1 atom stereocenters. The molecule has 2 aromatic carbocycles. The fourth-order valence-electron chi connectivity index (χ4n) is 2.56. The highest BCUT2D eigenvalue weighted by Crippen LogP contribution is 2.34. The van der Waals surface area contributed by atoms with E-state index in [0.717, 1.165) is 17.1 Å². The van der Waals surface area contributed by atoms with Crippen LogP contribution in [-0.2, 0) is 14.3 Å². The molecule has 10 heteroatoms. The molecule has 1 aliphatic heterocycles. The molecule has 0 aromatic heterocycles. The number of benzene rings is 2. The van der Waals surface area contributed by atoms with E-state index in [1.54, 1.807) is 0 Å². The van der Waals surface area contributed by atoms with E-state index in [4.69, 9.17) is 9.47 Å². The summed E-state index contributed by atoms with van der Waals surface area (Å²) in [5.74, 6) is -1.74. The average molecular weight is 387 g/mol. The Bertz CT molecular complexity index is 989. The van der Waals surface area contributed by atoms with Crippen molar-refractivity contribution in [3.05, 3.63) is 69.5 Å². The number of hydrogen-bond acceptors (Lipinski definition) is 7. The quantitative estimate of drug-likeness (QED) is 0.345. The van der Waals surface area contributed by atoms with Crippen LogP contribution in [0, 0.1) is 15.9 Å². The largest absolute Gasteiger partial charge is 0.446 e.